The molecule has 0 bridgehead atoms. The summed E-state index contributed by atoms with van der Waals surface area (Å²) < 4.78 is 5.17. The van der Waals surface area contributed by atoms with Crippen molar-refractivity contribution in [3.63, 3.8) is 0 Å². The Balaban J connectivity index is 2.41. The second-order valence-electron chi connectivity index (χ2n) is 5.00. The minimum Gasteiger partial charge on any atom is -0.384 e. The molecule has 1 rings (SSSR count). The van der Waals surface area contributed by atoms with Crippen LogP contribution in [0.5, 0.6) is 0 Å². The predicted octanol–water partition coefficient (Wildman–Crippen LogP) is 0.953. The molecule has 1 saturated heterocycles. The van der Waals surface area contributed by atoms with E-state index >= 15 is 0 Å². The first-order chi connectivity index (χ1) is 6.56. The van der Waals surface area contributed by atoms with Gasteiger partial charge in [-0.05, 0) is 19.8 Å². The summed E-state index contributed by atoms with van der Waals surface area (Å²) in [6.07, 6.45) is 0. The molecular formula is C11H24N2O. The van der Waals surface area contributed by atoms with Gasteiger partial charge in [0.25, 0.3) is 0 Å². The van der Waals surface area contributed by atoms with Crippen LogP contribution in [-0.4, -0.2) is 50.3 Å². The van der Waals surface area contributed by atoms with Crippen LogP contribution in [0.2, 0.25) is 0 Å². The third-order valence-corrected chi connectivity index (χ3v) is 2.96. The van der Waals surface area contributed by atoms with Gasteiger partial charge in [-0.2, -0.15) is 0 Å². The molecule has 1 atom stereocenters. The average molecular weight is 200 g/mol. The van der Waals surface area contributed by atoms with Crippen molar-refractivity contribution >= 4 is 0 Å². The van der Waals surface area contributed by atoms with Gasteiger partial charge in [-0.25, -0.2) is 0 Å². The predicted molar refractivity (Wildman–Crippen MR) is 59.6 cm³/mol. The fourth-order valence-electron chi connectivity index (χ4n) is 2.07. The molecule has 0 amide bonds. The van der Waals surface area contributed by atoms with E-state index in [1.54, 1.807) is 7.11 Å². The molecule has 1 unspecified atom stereocenters. The highest BCUT2D eigenvalue weighted by Gasteiger charge is 2.29. The lowest BCUT2D eigenvalue weighted by Crippen LogP contribution is -2.58. The third kappa shape index (κ3) is 3.23. The van der Waals surface area contributed by atoms with E-state index in [1.807, 2.05) is 0 Å². The summed E-state index contributed by atoms with van der Waals surface area (Å²) in [7, 11) is 1.78. The number of nitrogens with zero attached hydrogens (tertiary/aromatic N) is 1. The minimum atomic E-state index is 0.292. The SMILES string of the molecule is COCC(C)CN1CCNCC1(C)C. The fraction of sp³-hybridized carbons (Fsp3) is 1.00. The molecule has 0 spiro atoms. The highest BCUT2D eigenvalue weighted by molar-refractivity contribution is 4.88. The van der Waals surface area contributed by atoms with Crippen LogP contribution in [0.25, 0.3) is 0 Å². The van der Waals surface area contributed by atoms with Gasteiger partial charge in [0.05, 0.1) is 0 Å². The maximum absolute atomic E-state index is 5.17. The smallest absolute Gasteiger partial charge is 0.0500 e. The molecule has 84 valence electrons. The summed E-state index contributed by atoms with van der Waals surface area (Å²) >= 11 is 0. The molecule has 1 N–H and O–H groups in total. The van der Waals surface area contributed by atoms with Crippen LogP contribution >= 0.6 is 0 Å². The zero-order chi connectivity index (χ0) is 10.6. The van der Waals surface area contributed by atoms with Gasteiger partial charge < -0.3 is 10.1 Å². The molecule has 1 heterocycles. The number of rotatable bonds is 4. The monoisotopic (exact) mass is 200 g/mol. The van der Waals surface area contributed by atoms with Crippen LogP contribution in [0.4, 0.5) is 0 Å². The number of hydrogen-bond donors (Lipinski definition) is 1. The van der Waals surface area contributed by atoms with Gasteiger partial charge in [0, 0.05) is 45.4 Å². The first-order valence-electron chi connectivity index (χ1n) is 5.51. The van der Waals surface area contributed by atoms with Gasteiger partial charge in [-0.3, -0.25) is 4.90 Å². The van der Waals surface area contributed by atoms with Crippen LogP contribution in [0, 0.1) is 5.92 Å². The van der Waals surface area contributed by atoms with Gasteiger partial charge in [0.15, 0.2) is 0 Å². The van der Waals surface area contributed by atoms with Gasteiger partial charge in [0.2, 0.25) is 0 Å². The molecule has 1 aliphatic rings. The van der Waals surface area contributed by atoms with Crippen molar-refractivity contribution < 1.29 is 4.74 Å². The van der Waals surface area contributed by atoms with E-state index in [2.05, 4.69) is 31.0 Å². The minimum absolute atomic E-state index is 0.292. The summed E-state index contributed by atoms with van der Waals surface area (Å²) in [4.78, 5) is 2.56. The molecule has 0 aromatic rings. The Morgan fingerprint density at radius 2 is 2.21 bits per heavy atom. The molecule has 0 radical (unpaired) electrons. The van der Waals surface area contributed by atoms with Crippen molar-refractivity contribution in [1.82, 2.24) is 10.2 Å². The van der Waals surface area contributed by atoms with Gasteiger partial charge in [0.1, 0.15) is 0 Å². The number of nitrogens with one attached hydrogen (secondary N) is 1. The first-order valence-corrected chi connectivity index (χ1v) is 5.51. The molecule has 0 aromatic carbocycles. The molecule has 3 heteroatoms. The molecule has 0 aromatic heterocycles. The summed E-state index contributed by atoms with van der Waals surface area (Å²) in [5, 5.41) is 3.44. The first kappa shape index (κ1) is 12.0. The molecule has 14 heavy (non-hydrogen) atoms. The Morgan fingerprint density at radius 1 is 1.50 bits per heavy atom. The fourth-order valence-corrected chi connectivity index (χ4v) is 2.07. The molecule has 1 fully saturated rings. The van der Waals surface area contributed by atoms with E-state index < -0.39 is 0 Å². The quantitative estimate of drug-likeness (QED) is 0.731. The van der Waals surface area contributed by atoms with E-state index in [0.717, 1.165) is 32.8 Å². The Kier molecular flexibility index (Phi) is 4.35. The summed E-state index contributed by atoms with van der Waals surface area (Å²) in [5.74, 6) is 0.623. The molecule has 0 saturated carbocycles. The Morgan fingerprint density at radius 3 is 2.79 bits per heavy atom. The van der Waals surface area contributed by atoms with Crippen molar-refractivity contribution in [3.05, 3.63) is 0 Å². The van der Waals surface area contributed by atoms with E-state index in [1.165, 1.54) is 0 Å². The second-order valence-corrected chi connectivity index (χ2v) is 5.00. The normalized spacial score (nSPS) is 24.9. The molecule has 0 aliphatic carbocycles. The van der Waals surface area contributed by atoms with Gasteiger partial charge >= 0.3 is 0 Å². The van der Waals surface area contributed by atoms with E-state index in [0.29, 0.717) is 11.5 Å². The maximum Gasteiger partial charge on any atom is 0.0500 e. The Hall–Kier alpha value is -0.120. The molecular weight excluding hydrogens is 176 g/mol. The van der Waals surface area contributed by atoms with Crippen molar-refractivity contribution in [2.45, 2.75) is 26.3 Å². The Labute approximate surface area is 87.8 Å². The van der Waals surface area contributed by atoms with Crippen molar-refractivity contribution in [3.8, 4) is 0 Å². The maximum atomic E-state index is 5.17. The summed E-state index contributed by atoms with van der Waals surface area (Å²) in [6, 6.07) is 0. The lowest BCUT2D eigenvalue weighted by Gasteiger charge is -2.44. The highest BCUT2D eigenvalue weighted by atomic mass is 16.5. The highest BCUT2D eigenvalue weighted by Crippen LogP contribution is 2.17. The van der Waals surface area contributed by atoms with Gasteiger partial charge in [-0.1, -0.05) is 6.92 Å². The summed E-state index contributed by atoms with van der Waals surface area (Å²) in [5.41, 5.74) is 0.292. The van der Waals surface area contributed by atoms with Crippen LogP contribution in [0.15, 0.2) is 0 Å². The van der Waals surface area contributed by atoms with Crippen LogP contribution in [0.1, 0.15) is 20.8 Å². The number of methoxy groups -OCH3 is 1. The lowest BCUT2D eigenvalue weighted by atomic mass is 9.98. The van der Waals surface area contributed by atoms with Gasteiger partial charge in [-0.15, -0.1) is 0 Å². The lowest BCUT2D eigenvalue weighted by molar-refractivity contribution is 0.0543. The van der Waals surface area contributed by atoms with Crippen LogP contribution in [-0.2, 0) is 4.74 Å². The summed E-state index contributed by atoms with van der Waals surface area (Å²) in [6.45, 7) is 12.2. The zero-order valence-corrected chi connectivity index (χ0v) is 9.97. The molecule has 3 nitrogen and oxygen atoms in total. The Bertz CT molecular complexity index is 171. The molecule has 1 aliphatic heterocycles. The third-order valence-electron chi connectivity index (χ3n) is 2.96. The van der Waals surface area contributed by atoms with Crippen LogP contribution in [0.3, 0.4) is 0 Å². The van der Waals surface area contributed by atoms with Crippen molar-refractivity contribution in [2.24, 2.45) is 5.92 Å². The van der Waals surface area contributed by atoms with Crippen molar-refractivity contribution in [2.75, 3.05) is 39.9 Å². The van der Waals surface area contributed by atoms with Crippen molar-refractivity contribution in [1.29, 1.82) is 0 Å². The topological polar surface area (TPSA) is 24.5 Å². The zero-order valence-electron chi connectivity index (χ0n) is 9.97. The second kappa shape index (κ2) is 5.10. The van der Waals surface area contributed by atoms with E-state index in [4.69, 9.17) is 4.74 Å². The number of piperazine rings is 1. The number of ether oxygens (including phenoxy) is 1. The van der Waals surface area contributed by atoms with E-state index in [-0.39, 0.29) is 0 Å². The number of hydrogen-bond acceptors (Lipinski definition) is 3. The average Bonchev–Trinajstić information content (AvgIpc) is 2.09. The largest absolute Gasteiger partial charge is 0.384 e. The van der Waals surface area contributed by atoms with E-state index in [9.17, 15) is 0 Å². The van der Waals surface area contributed by atoms with Crippen LogP contribution < -0.4 is 5.32 Å². The standard InChI is InChI=1S/C11H24N2O/c1-10(8-14-4)7-13-6-5-12-9-11(13,2)3/h10,12H,5-9H2,1-4H3.